The lowest BCUT2D eigenvalue weighted by atomic mass is 10.1. The van der Waals surface area contributed by atoms with Crippen LogP contribution in [0.3, 0.4) is 0 Å². The Morgan fingerprint density at radius 2 is 2.00 bits per heavy atom. The van der Waals surface area contributed by atoms with Crippen LogP contribution in [0.2, 0.25) is 0 Å². The predicted octanol–water partition coefficient (Wildman–Crippen LogP) is 1.44. The smallest absolute Gasteiger partial charge is 0.269 e. The molecule has 124 valence electrons. The highest BCUT2D eigenvalue weighted by atomic mass is 35.5. The van der Waals surface area contributed by atoms with Crippen LogP contribution in [0.5, 0.6) is 0 Å². The molecule has 0 amide bonds. The summed E-state index contributed by atoms with van der Waals surface area (Å²) in [6.07, 6.45) is 1.91. The summed E-state index contributed by atoms with van der Waals surface area (Å²) in [5, 5.41) is 13.8. The van der Waals surface area contributed by atoms with Gasteiger partial charge in [-0.15, -0.1) is 12.4 Å². The fourth-order valence-electron chi connectivity index (χ4n) is 2.36. The van der Waals surface area contributed by atoms with Crippen LogP contribution < -0.4 is 10.0 Å². The van der Waals surface area contributed by atoms with Gasteiger partial charge in [0.2, 0.25) is 10.0 Å². The lowest BCUT2D eigenvalue weighted by Gasteiger charge is -2.10. The zero-order chi connectivity index (χ0) is 15.3. The summed E-state index contributed by atoms with van der Waals surface area (Å²) in [4.78, 5) is 10.0. The Morgan fingerprint density at radius 3 is 2.55 bits per heavy atom. The van der Waals surface area contributed by atoms with E-state index in [1.807, 2.05) is 0 Å². The number of hydrogen-bond acceptors (Lipinski definition) is 5. The molecule has 1 fully saturated rings. The summed E-state index contributed by atoms with van der Waals surface area (Å²) >= 11 is 0. The molecule has 1 saturated heterocycles. The van der Waals surface area contributed by atoms with Gasteiger partial charge in [0.25, 0.3) is 5.69 Å². The van der Waals surface area contributed by atoms with Crippen molar-refractivity contribution in [3.63, 3.8) is 0 Å². The third kappa shape index (κ3) is 5.88. The van der Waals surface area contributed by atoms with Crippen molar-refractivity contribution in [2.45, 2.75) is 18.6 Å². The Bertz CT molecular complexity index is 586. The summed E-state index contributed by atoms with van der Waals surface area (Å²) in [5.41, 5.74) is 0.494. The number of nitrogens with one attached hydrogen (secondary N) is 2. The van der Waals surface area contributed by atoms with E-state index in [1.165, 1.54) is 24.3 Å². The normalized spacial score (nSPS) is 17.9. The fraction of sp³-hybridized carbons (Fsp3) is 0.538. The van der Waals surface area contributed by atoms with Crippen LogP contribution >= 0.6 is 12.4 Å². The van der Waals surface area contributed by atoms with Crippen molar-refractivity contribution in [1.82, 2.24) is 10.0 Å². The number of hydrogen-bond donors (Lipinski definition) is 2. The Labute approximate surface area is 136 Å². The van der Waals surface area contributed by atoms with Crippen molar-refractivity contribution in [2.75, 3.05) is 19.6 Å². The topological polar surface area (TPSA) is 101 Å². The van der Waals surface area contributed by atoms with E-state index >= 15 is 0 Å². The molecule has 0 aromatic heterocycles. The second kappa shape index (κ2) is 8.42. The van der Waals surface area contributed by atoms with Crippen molar-refractivity contribution < 1.29 is 13.3 Å². The number of benzene rings is 1. The monoisotopic (exact) mass is 349 g/mol. The second-order valence-electron chi connectivity index (χ2n) is 5.22. The van der Waals surface area contributed by atoms with Gasteiger partial charge in [0, 0.05) is 18.7 Å². The maximum absolute atomic E-state index is 11.9. The van der Waals surface area contributed by atoms with Crippen LogP contribution in [0.4, 0.5) is 5.69 Å². The van der Waals surface area contributed by atoms with Crippen molar-refractivity contribution >= 4 is 28.1 Å². The molecule has 9 heteroatoms. The number of nitro groups is 1. The van der Waals surface area contributed by atoms with Crippen LogP contribution in [-0.4, -0.2) is 33.0 Å². The first-order chi connectivity index (χ1) is 9.96. The van der Waals surface area contributed by atoms with Crippen LogP contribution in [0.15, 0.2) is 24.3 Å². The molecule has 1 aliphatic heterocycles. The SMILES string of the molecule is Cl.O=[N+]([O-])c1ccc(CS(=O)(=O)NCCC2CCNC2)cc1. The van der Waals surface area contributed by atoms with E-state index in [9.17, 15) is 18.5 Å². The molecule has 1 aromatic carbocycles. The molecule has 7 nitrogen and oxygen atoms in total. The first-order valence-corrected chi connectivity index (χ1v) is 8.53. The number of non-ortho nitro benzene ring substituents is 1. The molecule has 1 atom stereocenters. The van der Waals surface area contributed by atoms with Crippen LogP contribution in [0, 0.1) is 16.0 Å². The van der Waals surface area contributed by atoms with Crippen LogP contribution in [0.25, 0.3) is 0 Å². The Morgan fingerprint density at radius 1 is 1.32 bits per heavy atom. The summed E-state index contributed by atoms with van der Waals surface area (Å²) in [5.74, 6) is 0.376. The van der Waals surface area contributed by atoms with Gasteiger partial charge in [-0.05, 0) is 37.4 Å². The van der Waals surface area contributed by atoms with E-state index in [0.717, 1.165) is 25.9 Å². The van der Waals surface area contributed by atoms with E-state index in [4.69, 9.17) is 0 Å². The van der Waals surface area contributed by atoms with E-state index in [1.54, 1.807) is 0 Å². The third-order valence-corrected chi connectivity index (χ3v) is 4.90. The first kappa shape index (κ1) is 18.8. The molecule has 0 spiro atoms. The highest BCUT2D eigenvalue weighted by Gasteiger charge is 2.16. The van der Waals surface area contributed by atoms with E-state index < -0.39 is 14.9 Å². The van der Waals surface area contributed by atoms with Crippen LogP contribution in [0.1, 0.15) is 18.4 Å². The van der Waals surface area contributed by atoms with Crippen molar-refractivity contribution in [3.8, 4) is 0 Å². The van der Waals surface area contributed by atoms with Crippen molar-refractivity contribution in [3.05, 3.63) is 39.9 Å². The Kier molecular flexibility index (Phi) is 7.21. The molecule has 1 unspecified atom stereocenters. The summed E-state index contributed by atoms with van der Waals surface area (Å²) < 4.78 is 26.4. The number of nitro benzene ring substituents is 1. The molecule has 0 radical (unpaired) electrons. The second-order valence-corrected chi connectivity index (χ2v) is 7.03. The number of nitrogens with zero attached hydrogens (tertiary/aromatic N) is 1. The highest BCUT2D eigenvalue weighted by Crippen LogP contribution is 2.14. The van der Waals surface area contributed by atoms with Crippen LogP contribution in [-0.2, 0) is 15.8 Å². The minimum absolute atomic E-state index is 0. The molecule has 0 saturated carbocycles. The predicted molar refractivity (Wildman–Crippen MR) is 86.6 cm³/mol. The van der Waals surface area contributed by atoms with Gasteiger partial charge in [0.15, 0.2) is 0 Å². The molecule has 2 rings (SSSR count). The average Bonchev–Trinajstić information content (AvgIpc) is 2.91. The quantitative estimate of drug-likeness (QED) is 0.573. The first-order valence-electron chi connectivity index (χ1n) is 6.88. The minimum atomic E-state index is -3.40. The molecular weight excluding hydrogens is 330 g/mol. The number of halogens is 1. The molecule has 0 aliphatic carbocycles. The van der Waals surface area contributed by atoms with E-state index in [0.29, 0.717) is 18.0 Å². The Balaban J connectivity index is 0.00000242. The molecule has 0 bridgehead atoms. The minimum Gasteiger partial charge on any atom is -0.316 e. The largest absolute Gasteiger partial charge is 0.316 e. The van der Waals surface area contributed by atoms with Gasteiger partial charge in [-0.2, -0.15) is 0 Å². The van der Waals surface area contributed by atoms with Gasteiger partial charge in [-0.3, -0.25) is 10.1 Å². The van der Waals surface area contributed by atoms with E-state index in [2.05, 4.69) is 10.0 Å². The maximum atomic E-state index is 11.9. The van der Waals surface area contributed by atoms with Gasteiger partial charge in [0.1, 0.15) is 0 Å². The summed E-state index contributed by atoms with van der Waals surface area (Å²) in [6.45, 7) is 2.38. The summed E-state index contributed by atoms with van der Waals surface area (Å²) in [6, 6.07) is 5.57. The van der Waals surface area contributed by atoms with Gasteiger partial charge in [-0.25, -0.2) is 13.1 Å². The molecule has 2 N–H and O–H groups in total. The van der Waals surface area contributed by atoms with Gasteiger partial charge in [-0.1, -0.05) is 12.1 Å². The zero-order valence-corrected chi connectivity index (χ0v) is 13.7. The third-order valence-electron chi connectivity index (χ3n) is 3.54. The lowest BCUT2D eigenvalue weighted by molar-refractivity contribution is -0.384. The maximum Gasteiger partial charge on any atom is 0.269 e. The molecule has 1 aliphatic rings. The molecule has 22 heavy (non-hydrogen) atoms. The van der Waals surface area contributed by atoms with Gasteiger partial charge in [0.05, 0.1) is 10.7 Å². The van der Waals surface area contributed by atoms with Crippen molar-refractivity contribution in [1.29, 1.82) is 0 Å². The van der Waals surface area contributed by atoms with Crippen molar-refractivity contribution in [2.24, 2.45) is 5.92 Å². The summed E-state index contributed by atoms with van der Waals surface area (Å²) in [7, 11) is -3.40. The molecular formula is C13H20ClN3O4S. The highest BCUT2D eigenvalue weighted by molar-refractivity contribution is 7.88. The lowest BCUT2D eigenvalue weighted by Crippen LogP contribution is -2.27. The van der Waals surface area contributed by atoms with Gasteiger partial charge < -0.3 is 5.32 Å². The zero-order valence-electron chi connectivity index (χ0n) is 12.0. The standard InChI is InChI=1S/C13H19N3O4S.ClH/c17-16(18)13-3-1-12(2-4-13)10-21(19,20)15-8-6-11-5-7-14-9-11;/h1-4,11,14-15H,5-10H2;1H. The Hall–Kier alpha value is -1.22. The number of rotatable bonds is 7. The molecule has 1 heterocycles. The van der Waals surface area contributed by atoms with Gasteiger partial charge >= 0.3 is 0 Å². The molecule has 1 aromatic rings. The number of sulfonamides is 1. The average molecular weight is 350 g/mol. The fourth-order valence-corrected chi connectivity index (χ4v) is 3.53. The van der Waals surface area contributed by atoms with E-state index in [-0.39, 0.29) is 23.8 Å².